The van der Waals surface area contributed by atoms with E-state index in [-0.39, 0.29) is 6.04 Å². The van der Waals surface area contributed by atoms with Gasteiger partial charge in [0.05, 0.1) is 12.2 Å². The molecule has 4 nitrogen and oxygen atoms in total. The molecular weight excluding hydrogens is 248 g/mol. The number of imidazole rings is 1. The maximum absolute atomic E-state index is 5.99. The van der Waals surface area contributed by atoms with Crippen LogP contribution in [0.15, 0.2) is 49.1 Å². The predicted octanol–water partition coefficient (Wildman–Crippen LogP) is 2.46. The lowest BCUT2D eigenvalue weighted by molar-refractivity contribution is 0.645. The molecule has 1 unspecified atom stereocenters. The second-order valence-corrected chi connectivity index (χ2v) is 5.26. The van der Waals surface area contributed by atoms with Crippen molar-refractivity contribution >= 4 is 5.65 Å². The van der Waals surface area contributed by atoms with Gasteiger partial charge in [-0.1, -0.05) is 13.0 Å². The number of pyridine rings is 1. The molecule has 1 atom stereocenters. The molecule has 0 fully saturated rings. The molecule has 0 saturated heterocycles. The molecule has 0 radical (unpaired) electrons. The van der Waals surface area contributed by atoms with Crippen molar-refractivity contribution in [2.45, 2.75) is 32.4 Å². The van der Waals surface area contributed by atoms with E-state index in [1.165, 1.54) is 5.56 Å². The minimum Gasteiger partial charge on any atom is -0.348 e. The Balaban J connectivity index is 1.74. The largest absolute Gasteiger partial charge is 0.348 e. The van der Waals surface area contributed by atoms with Gasteiger partial charge in [0.15, 0.2) is 0 Å². The van der Waals surface area contributed by atoms with Crippen LogP contribution in [0.4, 0.5) is 0 Å². The number of nitrogens with two attached hydrogens (primary N) is 1. The van der Waals surface area contributed by atoms with Crippen LogP contribution in [-0.2, 0) is 13.0 Å². The molecule has 0 saturated carbocycles. The Kier molecular flexibility index (Phi) is 3.56. The van der Waals surface area contributed by atoms with Crippen molar-refractivity contribution in [3.8, 4) is 0 Å². The van der Waals surface area contributed by atoms with E-state index in [0.29, 0.717) is 0 Å². The standard InChI is InChI=1S/C16H20N4/c1-2-14(17)9-13-6-8-19(10-13)11-15-12-20-7-4-3-5-16(20)18-15/h3-8,10,12,14H,2,9,11,17H2,1H3. The molecule has 2 N–H and O–H groups in total. The highest BCUT2D eigenvalue weighted by atomic mass is 15.0. The molecule has 0 bridgehead atoms. The van der Waals surface area contributed by atoms with Crippen LogP contribution in [0.5, 0.6) is 0 Å². The van der Waals surface area contributed by atoms with Gasteiger partial charge < -0.3 is 14.7 Å². The number of aromatic nitrogens is 3. The molecule has 4 heteroatoms. The lowest BCUT2D eigenvalue weighted by Gasteiger charge is -2.05. The number of nitrogens with zero attached hydrogens (tertiary/aromatic N) is 3. The third-order valence-electron chi connectivity index (χ3n) is 3.59. The van der Waals surface area contributed by atoms with Crippen LogP contribution in [0.3, 0.4) is 0 Å². The third kappa shape index (κ3) is 2.75. The second-order valence-electron chi connectivity index (χ2n) is 5.26. The van der Waals surface area contributed by atoms with E-state index in [2.05, 4.69) is 41.1 Å². The van der Waals surface area contributed by atoms with Crippen LogP contribution in [0.25, 0.3) is 5.65 Å². The highest BCUT2D eigenvalue weighted by Crippen LogP contribution is 2.10. The first-order chi connectivity index (χ1) is 9.74. The lowest BCUT2D eigenvalue weighted by Crippen LogP contribution is -2.21. The van der Waals surface area contributed by atoms with Crippen LogP contribution in [0.2, 0.25) is 0 Å². The normalized spacial score (nSPS) is 12.9. The first kappa shape index (κ1) is 12.9. The quantitative estimate of drug-likeness (QED) is 0.772. The Hall–Kier alpha value is -2.07. The molecule has 20 heavy (non-hydrogen) atoms. The van der Waals surface area contributed by atoms with Gasteiger partial charge in [-0.15, -0.1) is 0 Å². The van der Waals surface area contributed by atoms with E-state index < -0.39 is 0 Å². The molecule has 0 aliphatic rings. The van der Waals surface area contributed by atoms with Crippen molar-refractivity contribution < 1.29 is 0 Å². The van der Waals surface area contributed by atoms with Gasteiger partial charge in [-0.05, 0) is 36.6 Å². The lowest BCUT2D eigenvalue weighted by atomic mass is 10.1. The van der Waals surface area contributed by atoms with Crippen LogP contribution in [0, 0.1) is 0 Å². The highest BCUT2D eigenvalue weighted by molar-refractivity contribution is 5.39. The molecule has 3 heterocycles. The van der Waals surface area contributed by atoms with Crippen molar-refractivity contribution in [1.82, 2.24) is 14.0 Å². The fourth-order valence-electron chi connectivity index (χ4n) is 2.41. The van der Waals surface area contributed by atoms with Crippen LogP contribution in [-0.4, -0.2) is 20.0 Å². The van der Waals surface area contributed by atoms with Gasteiger partial charge >= 0.3 is 0 Å². The monoisotopic (exact) mass is 268 g/mol. The number of fused-ring (bicyclic) bond motifs is 1. The molecular formula is C16H20N4. The molecule has 3 aromatic rings. The van der Waals surface area contributed by atoms with Crippen LogP contribution < -0.4 is 5.73 Å². The predicted molar refractivity (Wildman–Crippen MR) is 80.7 cm³/mol. The van der Waals surface area contributed by atoms with E-state index in [4.69, 9.17) is 5.73 Å². The van der Waals surface area contributed by atoms with Gasteiger partial charge in [0.2, 0.25) is 0 Å². The minimum atomic E-state index is 0.251. The molecule has 0 amide bonds. The maximum atomic E-state index is 5.99. The molecule has 3 rings (SSSR count). The Bertz CT molecular complexity index is 662. The fraction of sp³-hybridized carbons (Fsp3) is 0.312. The summed E-state index contributed by atoms with van der Waals surface area (Å²) in [6, 6.07) is 8.43. The van der Waals surface area contributed by atoms with Crippen molar-refractivity contribution in [3.63, 3.8) is 0 Å². The summed E-state index contributed by atoms with van der Waals surface area (Å²) in [5.74, 6) is 0. The van der Waals surface area contributed by atoms with Gasteiger partial charge in [0.25, 0.3) is 0 Å². The second kappa shape index (κ2) is 5.51. The number of hydrogen-bond donors (Lipinski definition) is 1. The van der Waals surface area contributed by atoms with Gasteiger partial charge in [0.1, 0.15) is 5.65 Å². The van der Waals surface area contributed by atoms with E-state index in [1.807, 2.05) is 28.8 Å². The maximum Gasteiger partial charge on any atom is 0.137 e. The zero-order valence-electron chi connectivity index (χ0n) is 11.7. The molecule has 0 aliphatic heterocycles. The first-order valence-corrected chi connectivity index (χ1v) is 7.07. The van der Waals surface area contributed by atoms with Crippen molar-refractivity contribution in [2.24, 2.45) is 5.73 Å². The SMILES string of the molecule is CCC(N)Cc1ccn(Cc2cn3ccccc3n2)c1. The number of hydrogen-bond acceptors (Lipinski definition) is 2. The molecule has 0 aromatic carbocycles. The fourth-order valence-corrected chi connectivity index (χ4v) is 2.41. The molecule has 104 valence electrons. The third-order valence-corrected chi connectivity index (χ3v) is 3.59. The summed E-state index contributed by atoms with van der Waals surface area (Å²) in [5, 5.41) is 0. The Morgan fingerprint density at radius 1 is 1.20 bits per heavy atom. The summed E-state index contributed by atoms with van der Waals surface area (Å²) < 4.78 is 4.21. The smallest absolute Gasteiger partial charge is 0.137 e. The highest BCUT2D eigenvalue weighted by Gasteiger charge is 2.05. The summed E-state index contributed by atoms with van der Waals surface area (Å²) >= 11 is 0. The van der Waals surface area contributed by atoms with Gasteiger partial charge in [-0.3, -0.25) is 0 Å². The van der Waals surface area contributed by atoms with E-state index in [1.54, 1.807) is 0 Å². The van der Waals surface area contributed by atoms with Crippen LogP contribution >= 0.6 is 0 Å². The Labute approximate surface area is 118 Å². The van der Waals surface area contributed by atoms with Crippen molar-refractivity contribution in [2.75, 3.05) is 0 Å². The van der Waals surface area contributed by atoms with E-state index in [0.717, 1.165) is 30.7 Å². The average Bonchev–Trinajstić information content (AvgIpc) is 3.05. The summed E-state index contributed by atoms with van der Waals surface area (Å²) in [6.07, 6.45) is 10.3. The topological polar surface area (TPSA) is 48.2 Å². The Morgan fingerprint density at radius 2 is 2.10 bits per heavy atom. The zero-order chi connectivity index (χ0) is 13.9. The van der Waals surface area contributed by atoms with Gasteiger partial charge in [0, 0.05) is 30.8 Å². The molecule has 3 aromatic heterocycles. The summed E-state index contributed by atoms with van der Waals surface area (Å²) in [6.45, 7) is 2.92. The van der Waals surface area contributed by atoms with Gasteiger partial charge in [-0.2, -0.15) is 0 Å². The van der Waals surface area contributed by atoms with Crippen molar-refractivity contribution in [1.29, 1.82) is 0 Å². The molecule has 0 spiro atoms. The van der Waals surface area contributed by atoms with Crippen LogP contribution in [0.1, 0.15) is 24.6 Å². The Morgan fingerprint density at radius 3 is 2.90 bits per heavy atom. The van der Waals surface area contributed by atoms with E-state index in [9.17, 15) is 0 Å². The van der Waals surface area contributed by atoms with Crippen molar-refractivity contribution in [3.05, 3.63) is 60.3 Å². The zero-order valence-corrected chi connectivity index (χ0v) is 11.7. The average molecular weight is 268 g/mol. The summed E-state index contributed by atoms with van der Waals surface area (Å²) in [7, 11) is 0. The molecule has 0 aliphatic carbocycles. The summed E-state index contributed by atoms with van der Waals surface area (Å²) in [5.41, 5.74) is 9.34. The number of rotatable bonds is 5. The van der Waals surface area contributed by atoms with Gasteiger partial charge in [-0.25, -0.2) is 4.98 Å². The minimum absolute atomic E-state index is 0.251. The van der Waals surface area contributed by atoms with E-state index >= 15 is 0 Å². The summed E-state index contributed by atoms with van der Waals surface area (Å²) in [4.78, 5) is 4.61. The first-order valence-electron chi connectivity index (χ1n) is 7.07.